The zero-order chi connectivity index (χ0) is 16.8. The normalized spacial score (nSPS) is 18.0. The zero-order valence-electron chi connectivity index (χ0n) is 14.6. The molecule has 3 aromatic rings. The highest BCUT2D eigenvalue weighted by molar-refractivity contribution is 6.00. The van der Waals surface area contributed by atoms with Crippen LogP contribution in [0.4, 0.5) is 0 Å². The zero-order valence-corrected chi connectivity index (χ0v) is 16.2. The van der Waals surface area contributed by atoms with Crippen molar-refractivity contribution in [2.45, 2.75) is 32.4 Å². The highest BCUT2D eigenvalue weighted by Gasteiger charge is 2.31. The van der Waals surface area contributed by atoms with E-state index in [1.807, 2.05) is 54.8 Å². The third-order valence-corrected chi connectivity index (χ3v) is 4.79. The number of fused-ring (bicyclic) bond motifs is 2. The van der Waals surface area contributed by atoms with Gasteiger partial charge in [-0.15, -0.1) is 24.8 Å². The van der Waals surface area contributed by atoms with E-state index in [1.54, 1.807) is 0 Å². The largest absolute Gasteiger partial charge is 0.347 e. The number of nitrogens with one attached hydrogen (secondary N) is 1. The smallest absolute Gasteiger partial charge is 0.255 e. The van der Waals surface area contributed by atoms with Gasteiger partial charge >= 0.3 is 0 Å². The molecule has 138 valence electrons. The van der Waals surface area contributed by atoms with Crippen molar-refractivity contribution in [1.82, 2.24) is 14.7 Å². The van der Waals surface area contributed by atoms with Gasteiger partial charge in [-0.05, 0) is 43.5 Å². The van der Waals surface area contributed by atoms with Crippen LogP contribution in [0.1, 0.15) is 38.9 Å². The minimum Gasteiger partial charge on any atom is -0.347 e. The maximum absolute atomic E-state index is 12.8. The number of hydrogen-bond acceptors (Lipinski definition) is 3. The van der Waals surface area contributed by atoms with Crippen LogP contribution >= 0.6 is 24.8 Å². The maximum Gasteiger partial charge on any atom is 0.255 e. The number of hydrogen-bond donors (Lipinski definition) is 2. The lowest BCUT2D eigenvalue weighted by molar-refractivity contribution is 0.0935. The van der Waals surface area contributed by atoms with Gasteiger partial charge in [0.05, 0.1) is 17.6 Å². The highest BCUT2D eigenvalue weighted by Crippen LogP contribution is 2.29. The molecule has 0 saturated carbocycles. The first-order valence-electron chi connectivity index (χ1n) is 8.14. The lowest BCUT2D eigenvalue weighted by Gasteiger charge is -2.17. The SMILES string of the molecule is Cc1cc(C)n2ccc(C(=O)N[C@@H]3Cc4ccccc4[C@H]3N)c2n1.Cl.Cl. The van der Waals surface area contributed by atoms with E-state index in [9.17, 15) is 4.79 Å². The highest BCUT2D eigenvalue weighted by atomic mass is 35.5. The number of rotatable bonds is 2. The van der Waals surface area contributed by atoms with Crippen LogP contribution in [-0.2, 0) is 6.42 Å². The number of benzene rings is 1. The molecule has 5 nitrogen and oxygen atoms in total. The third kappa shape index (κ3) is 3.30. The van der Waals surface area contributed by atoms with E-state index in [2.05, 4.69) is 16.4 Å². The Morgan fingerprint density at radius 2 is 1.96 bits per heavy atom. The lowest BCUT2D eigenvalue weighted by atomic mass is 10.1. The van der Waals surface area contributed by atoms with Crippen LogP contribution in [0.5, 0.6) is 0 Å². The molecule has 7 heteroatoms. The van der Waals surface area contributed by atoms with Gasteiger partial charge < -0.3 is 15.5 Å². The van der Waals surface area contributed by atoms with Gasteiger partial charge in [-0.3, -0.25) is 4.79 Å². The van der Waals surface area contributed by atoms with E-state index >= 15 is 0 Å². The number of carbonyl (C=O) groups is 1. The summed E-state index contributed by atoms with van der Waals surface area (Å²) in [7, 11) is 0. The molecule has 2 aromatic heterocycles. The van der Waals surface area contributed by atoms with Gasteiger partial charge in [0, 0.05) is 17.6 Å². The topological polar surface area (TPSA) is 72.4 Å². The summed E-state index contributed by atoms with van der Waals surface area (Å²) in [5, 5.41) is 3.09. The molecule has 0 spiro atoms. The first-order valence-corrected chi connectivity index (χ1v) is 8.14. The van der Waals surface area contributed by atoms with E-state index in [4.69, 9.17) is 5.73 Å². The number of aromatic nitrogens is 2. The Bertz CT molecular complexity index is 954. The molecule has 26 heavy (non-hydrogen) atoms. The van der Waals surface area contributed by atoms with Crippen molar-refractivity contribution in [3.8, 4) is 0 Å². The quantitative estimate of drug-likeness (QED) is 0.703. The molecule has 0 unspecified atom stereocenters. The van der Waals surface area contributed by atoms with E-state index in [-0.39, 0.29) is 42.8 Å². The summed E-state index contributed by atoms with van der Waals surface area (Å²) < 4.78 is 1.94. The molecular formula is C19H22Cl2N4O. The van der Waals surface area contributed by atoms with Crippen molar-refractivity contribution in [1.29, 1.82) is 0 Å². The van der Waals surface area contributed by atoms with Crippen LogP contribution in [0, 0.1) is 13.8 Å². The number of nitrogens with two attached hydrogens (primary N) is 1. The van der Waals surface area contributed by atoms with E-state index in [0.717, 1.165) is 23.4 Å². The summed E-state index contributed by atoms with van der Waals surface area (Å²) in [5.41, 5.74) is 11.9. The van der Waals surface area contributed by atoms with Crippen LogP contribution in [0.15, 0.2) is 42.6 Å². The van der Waals surface area contributed by atoms with Crippen molar-refractivity contribution in [2.24, 2.45) is 5.73 Å². The molecular weight excluding hydrogens is 371 g/mol. The summed E-state index contributed by atoms with van der Waals surface area (Å²) in [4.78, 5) is 17.3. The van der Waals surface area contributed by atoms with Crippen molar-refractivity contribution in [2.75, 3.05) is 0 Å². The molecule has 3 N–H and O–H groups in total. The van der Waals surface area contributed by atoms with Gasteiger partial charge in [-0.25, -0.2) is 4.98 Å². The summed E-state index contributed by atoms with van der Waals surface area (Å²) in [5.74, 6) is -0.122. The van der Waals surface area contributed by atoms with Gasteiger partial charge in [-0.1, -0.05) is 24.3 Å². The molecule has 1 amide bonds. The molecule has 1 aliphatic rings. The van der Waals surface area contributed by atoms with Crippen LogP contribution < -0.4 is 11.1 Å². The second-order valence-electron chi connectivity index (χ2n) is 6.47. The van der Waals surface area contributed by atoms with E-state index < -0.39 is 0 Å². The monoisotopic (exact) mass is 392 g/mol. The molecule has 2 heterocycles. The van der Waals surface area contributed by atoms with E-state index in [1.165, 1.54) is 5.56 Å². The molecule has 0 radical (unpaired) electrons. The Kier molecular flexibility index (Phi) is 5.96. The molecule has 0 fully saturated rings. The molecule has 4 rings (SSSR count). The van der Waals surface area contributed by atoms with Crippen molar-refractivity contribution in [3.63, 3.8) is 0 Å². The fourth-order valence-electron chi connectivity index (χ4n) is 3.58. The molecule has 1 aromatic carbocycles. The van der Waals surface area contributed by atoms with Gasteiger partial charge in [0.1, 0.15) is 5.65 Å². The fourth-order valence-corrected chi connectivity index (χ4v) is 3.58. The van der Waals surface area contributed by atoms with Crippen molar-refractivity contribution in [3.05, 3.63) is 70.7 Å². The summed E-state index contributed by atoms with van der Waals surface area (Å²) in [6, 6.07) is 11.7. The summed E-state index contributed by atoms with van der Waals surface area (Å²) >= 11 is 0. The van der Waals surface area contributed by atoms with E-state index in [0.29, 0.717) is 11.2 Å². The van der Waals surface area contributed by atoms with Gasteiger partial charge in [0.2, 0.25) is 0 Å². The number of aryl methyl sites for hydroxylation is 2. The predicted molar refractivity (Wildman–Crippen MR) is 107 cm³/mol. The minimum atomic E-state index is -0.171. The number of halogens is 2. The van der Waals surface area contributed by atoms with Crippen molar-refractivity contribution >= 4 is 36.4 Å². The Labute approximate surface area is 164 Å². The Morgan fingerprint density at radius 3 is 2.69 bits per heavy atom. The Balaban J connectivity index is 0.00000121. The standard InChI is InChI=1S/C19H20N4O.2ClH/c1-11-9-12(2)23-8-7-15(18(23)21-11)19(24)22-16-10-13-5-3-4-6-14(13)17(16)20;;/h3-9,16-17H,10,20H2,1-2H3,(H,22,24);2*1H/t16-,17-;;/m1../s1. The predicted octanol–water partition coefficient (Wildman–Crippen LogP) is 3.15. The second kappa shape index (κ2) is 7.66. The number of nitrogens with zero attached hydrogens (tertiary/aromatic N) is 2. The van der Waals surface area contributed by atoms with Gasteiger partial charge in [0.15, 0.2) is 0 Å². The van der Waals surface area contributed by atoms with Crippen LogP contribution in [0.25, 0.3) is 5.65 Å². The summed E-state index contributed by atoms with van der Waals surface area (Å²) in [6.07, 6.45) is 2.65. The Morgan fingerprint density at radius 1 is 1.23 bits per heavy atom. The van der Waals surface area contributed by atoms with Gasteiger partial charge in [0.25, 0.3) is 5.91 Å². The summed E-state index contributed by atoms with van der Waals surface area (Å²) in [6.45, 7) is 3.94. The number of carbonyl (C=O) groups excluding carboxylic acids is 1. The fraction of sp³-hybridized carbons (Fsp3) is 0.263. The first kappa shape index (κ1) is 20.2. The molecule has 0 aliphatic heterocycles. The first-order chi connectivity index (χ1) is 11.5. The molecule has 0 saturated heterocycles. The molecule has 2 atom stereocenters. The number of amides is 1. The average molecular weight is 393 g/mol. The lowest BCUT2D eigenvalue weighted by Crippen LogP contribution is -2.40. The minimum absolute atomic E-state index is 0. The van der Waals surface area contributed by atoms with Crippen LogP contribution in [0.3, 0.4) is 0 Å². The Hall–Kier alpha value is -2.08. The molecule has 0 bridgehead atoms. The van der Waals surface area contributed by atoms with Crippen LogP contribution in [-0.4, -0.2) is 21.3 Å². The average Bonchev–Trinajstić information content (AvgIpc) is 3.10. The molecule has 1 aliphatic carbocycles. The van der Waals surface area contributed by atoms with Gasteiger partial charge in [-0.2, -0.15) is 0 Å². The third-order valence-electron chi connectivity index (χ3n) is 4.79. The van der Waals surface area contributed by atoms with Crippen molar-refractivity contribution < 1.29 is 4.79 Å². The second-order valence-corrected chi connectivity index (χ2v) is 6.47. The van der Waals surface area contributed by atoms with Crippen LogP contribution in [0.2, 0.25) is 0 Å². The maximum atomic E-state index is 12.8.